The summed E-state index contributed by atoms with van der Waals surface area (Å²) in [5, 5.41) is 9.42. The fourth-order valence-corrected chi connectivity index (χ4v) is 1.36. The molecule has 1 aliphatic carbocycles. The number of hydrogen-bond donors (Lipinski definition) is 1. The monoisotopic (exact) mass is 164 g/mol. The van der Waals surface area contributed by atoms with Gasteiger partial charge in [-0.2, -0.15) is 0 Å². The van der Waals surface area contributed by atoms with E-state index in [2.05, 4.69) is 12.2 Å². The van der Waals surface area contributed by atoms with Crippen LogP contribution < -0.4 is 0 Å². The number of rotatable bonds is 2. The maximum atomic E-state index is 9.42. The number of aliphatic hydroxyl groups excluding tert-OH is 1. The van der Waals surface area contributed by atoms with Gasteiger partial charge in [-0.1, -0.05) is 37.3 Å². The van der Waals surface area contributed by atoms with Gasteiger partial charge in [0, 0.05) is 5.92 Å². The van der Waals surface area contributed by atoms with Gasteiger partial charge in [0.15, 0.2) is 0 Å². The molecule has 0 saturated heterocycles. The molecule has 0 aromatic carbocycles. The van der Waals surface area contributed by atoms with E-state index in [4.69, 9.17) is 0 Å². The quantitative estimate of drug-likeness (QED) is 0.621. The standard InChI is InChI=1S/C11H16O/c1-3-4-5-6-10-7-9(2)11(12)8-10/h3-7,9,11-12H,8H2,1-2H3/b4-3-,6-5-/t9-,11+/m0/s1. The van der Waals surface area contributed by atoms with Gasteiger partial charge in [-0.3, -0.25) is 0 Å². The van der Waals surface area contributed by atoms with Gasteiger partial charge in [-0.25, -0.2) is 0 Å². The molecule has 0 saturated carbocycles. The molecule has 1 aliphatic rings. The molecule has 1 heteroatoms. The lowest BCUT2D eigenvalue weighted by Crippen LogP contribution is -2.08. The van der Waals surface area contributed by atoms with Crippen molar-refractivity contribution >= 4 is 0 Å². The van der Waals surface area contributed by atoms with Crippen molar-refractivity contribution in [2.24, 2.45) is 5.92 Å². The molecule has 1 nitrogen and oxygen atoms in total. The maximum absolute atomic E-state index is 9.42. The second-order valence-corrected chi connectivity index (χ2v) is 3.26. The van der Waals surface area contributed by atoms with Crippen molar-refractivity contribution in [3.8, 4) is 0 Å². The van der Waals surface area contributed by atoms with Crippen molar-refractivity contribution < 1.29 is 5.11 Å². The highest BCUT2D eigenvalue weighted by atomic mass is 16.3. The summed E-state index contributed by atoms with van der Waals surface area (Å²) in [6, 6.07) is 0. The SMILES string of the molecule is C/C=C\C=C/C1=C[C@H](C)[C@H](O)C1. The third-order valence-electron chi connectivity index (χ3n) is 2.14. The molecule has 1 N–H and O–H groups in total. The van der Waals surface area contributed by atoms with E-state index in [1.165, 1.54) is 5.57 Å². The van der Waals surface area contributed by atoms with Gasteiger partial charge >= 0.3 is 0 Å². The van der Waals surface area contributed by atoms with Crippen LogP contribution in [-0.4, -0.2) is 11.2 Å². The van der Waals surface area contributed by atoms with Crippen LogP contribution in [0.2, 0.25) is 0 Å². The predicted molar refractivity (Wildman–Crippen MR) is 51.8 cm³/mol. The average Bonchev–Trinajstić information content (AvgIpc) is 2.32. The third-order valence-corrected chi connectivity index (χ3v) is 2.14. The minimum Gasteiger partial charge on any atom is -0.392 e. The van der Waals surface area contributed by atoms with Gasteiger partial charge in [0.05, 0.1) is 6.10 Å². The Morgan fingerprint density at radius 3 is 2.75 bits per heavy atom. The summed E-state index contributed by atoms with van der Waals surface area (Å²) in [7, 11) is 0. The van der Waals surface area contributed by atoms with Crippen LogP contribution in [0.5, 0.6) is 0 Å². The molecule has 0 unspecified atom stereocenters. The molecule has 0 fully saturated rings. The van der Waals surface area contributed by atoms with E-state index in [0.717, 1.165) is 6.42 Å². The van der Waals surface area contributed by atoms with Gasteiger partial charge in [-0.15, -0.1) is 0 Å². The van der Waals surface area contributed by atoms with E-state index < -0.39 is 0 Å². The van der Waals surface area contributed by atoms with E-state index >= 15 is 0 Å². The second kappa shape index (κ2) is 4.27. The maximum Gasteiger partial charge on any atom is 0.0640 e. The van der Waals surface area contributed by atoms with Crippen molar-refractivity contribution in [1.82, 2.24) is 0 Å². The first-order chi connectivity index (χ1) is 5.74. The molecule has 66 valence electrons. The molecular formula is C11H16O. The van der Waals surface area contributed by atoms with Crippen LogP contribution in [0.15, 0.2) is 36.0 Å². The van der Waals surface area contributed by atoms with E-state index in [1.54, 1.807) is 0 Å². The third kappa shape index (κ3) is 2.35. The van der Waals surface area contributed by atoms with E-state index in [1.807, 2.05) is 32.1 Å². The van der Waals surface area contributed by atoms with Crippen molar-refractivity contribution in [2.45, 2.75) is 26.4 Å². The molecule has 12 heavy (non-hydrogen) atoms. The molecule has 1 rings (SSSR count). The van der Waals surface area contributed by atoms with Gasteiger partial charge in [-0.05, 0) is 18.9 Å². The lowest BCUT2D eigenvalue weighted by molar-refractivity contribution is 0.150. The lowest BCUT2D eigenvalue weighted by Gasteiger charge is -2.04. The van der Waals surface area contributed by atoms with Gasteiger partial charge < -0.3 is 5.11 Å². The van der Waals surface area contributed by atoms with Crippen LogP contribution >= 0.6 is 0 Å². The van der Waals surface area contributed by atoms with E-state index in [0.29, 0.717) is 5.92 Å². The molecule has 0 aromatic heterocycles. The Balaban J connectivity index is 2.50. The Morgan fingerprint density at radius 2 is 2.25 bits per heavy atom. The molecule has 0 aliphatic heterocycles. The first kappa shape index (κ1) is 9.27. The highest BCUT2D eigenvalue weighted by molar-refractivity contribution is 5.27. The molecule has 0 aromatic rings. The second-order valence-electron chi connectivity index (χ2n) is 3.26. The minimum atomic E-state index is -0.171. The van der Waals surface area contributed by atoms with Crippen molar-refractivity contribution in [3.05, 3.63) is 36.0 Å². The Bertz CT molecular complexity index is 223. The minimum absolute atomic E-state index is 0.171. The number of hydrogen-bond acceptors (Lipinski definition) is 1. The van der Waals surface area contributed by atoms with Crippen LogP contribution in [-0.2, 0) is 0 Å². The zero-order valence-electron chi connectivity index (χ0n) is 7.70. The Morgan fingerprint density at radius 1 is 1.50 bits per heavy atom. The summed E-state index contributed by atoms with van der Waals surface area (Å²) in [5.74, 6) is 0.315. The zero-order valence-corrected chi connectivity index (χ0v) is 7.70. The summed E-state index contributed by atoms with van der Waals surface area (Å²) in [4.78, 5) is 0. The van der Waals surface area contributed by atoms with Crippen molar-refractivity contribution in [2.75, 3.05) is 0 Å². The molecule has 0 bridgehead atoms. The number of aliphatic hydroxyl groups is 1. The summed E-state index contributed by atoms with van der Waals surface area (Å²) in [6.45, 7) is 4.03. The van der Waals surface area contributed by atoms with Crippen LogP contribution in [0.1, 0.15) is 20.3 Å². The fourth-order valence-electron chi connectivity index (χ4n) is 1.36. The first-order valence-electron chi connectivity index (χ1n) is 4.42. The topological polar surface area (TPSA) is 20.2 Å². The first-order valence-corrected chi connectivity index (χ1v) is 4.42. The predicted octanol–water partition coefficient (Wildman–Crippen LogP) is 2.45. The van der Waals surface area contributed by atoms with E-state index in [9.17, 15) is 5.11 Å². The van der Waals surface area contributed by atoms with Gasteiger partial charge in [0.25, 0.3) is 0 Å². The van der Waals surface area contributed by atoms with E-state index in [-0.39, 0.29) is 6.10 Å². The van der Waals surface area contributed by atoms with Gasteiger partial charge in [0.2, 0.25) is 0 Å². The van der Waals surface area contributed by atoms with Crippen LogP contribution in [0.3, 0.4) is 0 Å². The van der Waals surface area contributed by atoms with Gasteiger partial charge in [0.1, 0.15) is 0 Å². The smallest absolute Gasteiger partial charge is 0.0640 e. The molecular weight excluding hydrogens is 148 g/mol. The Labute approximate surface area is 74.1 Å². The van der Waals surface area contributed by atoms with Crippen molar-refractivity contribution in [1.29, 1.82) is 0 Å². The summed E-state index contributed by atoms with van der Waals surface area (Å²) in [6.07, 6.45) is 10.8. The van der Waals surface area contributed by atoms with Crippen LogP contribution in [0.25, 0.3) is 0 Å². The Kier molecular flexibility index (Phi) is 3.30. The number of allylic oxidation sites excluding steroid dienone is 4. The van der Waals surface area contributed by atoms with Crippen LogP contribution in [0, 0.1) is 5.92 Å². The highest BCUT2D eigenvalue weighted by Gasteiger charge is 2.19. The fraction of sp³-hybridized carbons (Fsp3) is 0.455. The summed E-state index contributed by atoms with van der Waals surface area (Å²) < 4.78 is 0. The largest absolute Gasteiger partial charge is 0.392 e. The van der Waals surface area contributed by atoms with Crippen molar-refractivity contribution in [3.63, 3.8) is 0 Å². The Hall–Kier alpha value is -0.820. The highest BCUT2D eigenvalue weighted by Crippen LogP contribution is 2.24. The average molecular weight is 164 g/mol. The molecule has 2 atom stereocenters. The molecule has 0 radical (unpaired) electrons. The molecule has 0 spiro atoms. The van der Waals surface area contributed by atoms with Crippen LogP contribution in [0.4, 0.5) is 0 Å². The summed E-state index contributed by atoms with van der Waals surface area (Å²) in [5.41, 5.74) is 1.24. The zero-order chi connectivity index (χ0) is 8.97. The summed E-state index contributed by atoms with van der Waals surface area (Å²) >= 11 is 0. The normalized spacial score (nSPS) is 30.4. The lowest BCUT2D eigenvalue weighted by atomic mass is 10.1. The molecule has 0 amide bonds. The molecule has 0 heterocycles.